The van der Waals surface area contributed by atoms with E-state index in [0.29, 0.717) is 60.8 Å². The SMILES string of the molecule is O=C(Cc1ccc(OCCCC2CCN(c3ncc(Cl)cn3)CC2)cc1F)N1CC(CN2CC[C@@H](O)[C@@H](O)C2)C1. The van der Waals surface area contributed by atoms with Crippen LogP contribution in [-0.2, 0) is 11.2 Å². The Hall–Kier alpha value is -2.53. The van der Waals surface area contributed by atoms with E-state index in [4.69, 9.17) is 16.3 Å². The van der Waals surface area contributed by atoms with E-state index in [1.165, 1.54) is 6.07 Å². The summed E-state index contributed by atoms with van der Waals surface area (Å²) in [5.74, 6) is 1.69. The highest BCUT2D eigenvalue weighted by Crippen LogP contribution is 2.26. The van der Waals surface area contributed by atoms with Crippen molar-refractivity contribution in [1.29, 1.82) is 0 Å². The van der Waals surface area contributed by atoms with Crippen LogP contribution in [-0.4, -0.2) is 101 Å². The lowest BCUT2D eigenvalue weighted by Crippen LogP contribution is -2.56. The molecule has 3 aliphatic rings. The predicted octanol–water partition coefficient (Wildman–Crippen LogP) is 2.77. The number of ether oxygens (including phenoxy) is 1. The first-order chi connectivity index (χ1) is 19.3. The van der Waals surface area contributed by atoms with E-state index in [-0.39, 0.29) is 12.3 Å². The first-order valence-corrected chi connectivity index (χ1v) is 14.7. The highest BCUT2D eigenvalue weighted by atomic mass is 35.5. The van der Waals surface area contributed by atoms with Crippen LogP contribution in [0.5, 0.6) is 5.75 Å². The van der Waals surface area contributed by atoms with E-state index in [0.717, 1.165) is 57.8 Å². The summed E-state index contributed by atoms with van der Waals surface area (Å²) in [7, 11) is 0. The third-order valence-corrected chi connectivity index (χ3v) is 8.55. The van der Waals surface area contributed by atoms with Crippen LogP contribution in [0.4, 0.5) is 10.3 Å². The number of hydrogen-bond acceptors (Lipinski definition) is 8. The number of aliphatic hydroxyl groups is 2. The Morgan fingerprint density at radius 1 is 1.02 bits per heavy atom. The van der Waals surface area contributed by atoms with Gasteiger partial charge in [-0.2, -0.15) is 0 Å². The topological polar surface area (TPSA) is 102 Å². The van der Waals surface area contributed by atoms with Gasteiger partial charge in [-0.25, -0.2) is 14.4 Å². The average molecular weight is 576 g/mol. The normalized spacial score (nSPS) is 22.8. The zero-order valence-electron chi connectivity index (χ0n) is 22.8. The third kappa shape index (κ3) is 7.60. The molecule has 2 aromatic rings. The lowest BCUT2D eigenvalue weighted by Gasteiger charge is -2.43. The minimum Gasteiger partial charge on any atom is -0.493 e. The molecule has 11 heteroatoms. The quantitative estimate of drug-likeness (QED) is 0.417. The molecule has 0 radical (unpaired) electrons. The summed E-state index contributed by atoms with van der Waals surface area (Å²) in [5, 5.41) is 20.1. The molecular formula is C29H39ClFN5O4. The maximum absolute atomic E-state index is 14.7. The molecular weight excluding hydrogens is 537 g/mol. The lowest BCUT2D eigenvalue weighted by atomic mass is 9.92. The number of amides is 1. The molecule has 2 N–H and O–H groups in total. The lowest BCUT2D eigenvalue weighted by molar-refractivity contribution is -0.137. The van der Waals surface area contributed by atoms with E-state index in [2.05, 4.69) is 19.8 Å². The molecule has 1 amide bonds. The van der Waals surface area contributed by atoms with Crippen LogP contribution in [0, 0.1) is 17.7 Å². The highest BCUT2D eigenvalue weighted by molar-refractivity contribution is 6.30. The van der Waals surface area contributed by atoms with Crippen molar-refractivity contribution < 1.29 is 24.1 Å². The van der Waals surface area contributed by atoms with Gasteiger partial charge in [0.15, 0.2) is 0 Å². The number of aromatic nitrogens is 2. The molecule has 218 valence electrons. The Labute approximate surface area is 239 Å². The van der Waals surface area contributed by atoms with E-state index in [9.17, 15) is 19.4 Å². The molecule has 9 nitrogen and oxygen atoms in total. The molecule has 3 saturated heterocycles. The molecule has 2 atom stereocenters. The van der Waals surface area contributed by atoms with Crippen molar-refractivity contribution in [2.75, 3.05) is 57.3 Å². The molecule has 4 heterocycles. The van der Waals surface area contributed by atoms with Crippen molar-refractivity contribution in [3.63, 3.8) is 0 Å². The fraction of sp³-hybridized carbons (Fsp3) is 0.621. The van der Waals surface area contributed by atoms with Crippen LogP contribution in [0.2, 0.25) is 5.02 Å². The van der Waals surface area contributed by atoms with Crippen molar-refractivity contribution in [2.24, 2.45) is 11.8 Å². The van der Waals surface area contributed by atoms with Gasteiger partial charge in [0, 0.05) is 57.8 Å². The molecule has 1 aromatic heterocycles. The van der Waals surface area contributed by atoms with Crippen molar-refractivity contribution in [2.45, 2.75) is 50.7 Å². The maximum atomic E-state index is 14.7. The summed E-state index contributed by atoms with van der Waals surface area (Å²) >= 11 is 5.88. The molecule has 0 unspecified atom stereocenters. The van der Waals surface area contributed by atoms with Gasteiger partial charge in [0.2, 0.25) is 11.9 Å². The number of rotatable bonds is 10. The molecule has 1 aromatic carbocycles. The van der Waals surface area contributed by atoms with E-state index >= 15 is 0 Å². The number of carbonyl (C=O) groups is 1. The van der Waals surface area contributed by atoms with E-state index in [1.54, 1.807) is 29.4 Å². The Kier molecular flexibility index (Phi) is 9.72. The summed E-state index contributed by atoms with van der Waals surface area (Å²) in [4.78, 5) is 27.4. The van der Waals surface area contributed by atoms with E-state index < -0.39 is 18.0 Å². The molecule has 5 rings (SSSR count). The first kappa shape index (κ1) is 29.0. The maximum Gasteiger partial charge on any atom is 0.227 e. The highest BCUT2D eigenvalue weighted by Gasteiger charge is 2.34. The fourth-order valence-electron chi connectivity index (χ4n) is 5.89. The van der Waals surface area contributed by atoms with Gasteiger partial charge in [-0.3, -0.25) is 4.79 Å². The molecule has 0 bridgehead atoms. The summed E-state index contributed by atoms with van der Waals surface area (Å²) in [6.07, 6.45) is 6.61. The molecule has 3 aliphatic heterocycles. The smallest absolute Gasteiger partial charge is 0.227 e. The minimum atomic E-state index is -0.706. The number of hydrogen-bond donors (Lipinski definition) is 2. The van der Waals surface area contributed by atoms with Gasteiger partial charge in [-0.1, -0.05) is 17.7 Å². The van der Waals surface area contributed by atoms with Crippen LogP contribution in [0.3, 0.4) is 0 Å². The number of anilines is 1. The largest absolute Gasteiger partial charge is 0.493 e. The number of likely N-dealkylation sites (tertiary alicyclic amines) is 2. The Balaban J connectivity index is 0.968. The predicted molar refractivity (Wildman–Crippen MR) is 150 cm³/mol. The number of β-amino-alcohol motifs (C(OH)–C–C–N with tert-alkyl or cyclic N) is 1. The van der Waals surface area contributed by atoms with Crippen LogP contribution in [0.15, 0.2) is 30.6 Å². The number of benzene rings is 1. The Bertz CT molecular complexity index is 1130. The van der Waals surface area contributed by atoms with Crippen molar-refractivity contribution in [3.8, 4) is 5.75 Å². The number of carbonyl (C=O) groups excluding carboxylic acids is 1. The number of piperidine rings is 2. The van der Waals surface area contributed by atoms with E-state index in [1.807, 2.05) is 0 Å². The van der Waals surface area contributed by atoms with Crippen LogP contribution < -0.4 is 9.64 Å². The Morgan fingerprint density at radius 3 is 2.48 bits per heavy atom. The molecule has 3 fully saturated rings. The monoisotopic (exact) mass is 575 g/mol. The first-order valence-electron chi connectivity index (χ1n) is 14.3. The van der Waals surface area contributed by atoms with Crippen LogP contribution in [0.1, 0.15) is 37.7 Å². The van der Waals surface area contributed by atoms with Gasteiger partial charge in [0.25, 0.3) is 0 Å². The number of halogens is 2. The van der Waals surface area contributed by atoms with Crippen molar-refractivity contribution >= 4 is 23.5 Å². The summed E-state index contributed by atoms with van der Waals surface area (Å²) < 4.78 is 20.5. The van der Waals surface area contributed by atoms with Gasteiger partial charge in [-0.15, -0.1) is 0 Å². The zero-order valence-corrected chi connectivity index (χ0v) is 23.6. The van der Waals surface area contributed by atoms with Gasteiger partial charge >= 0.3 is 0 Å². The second kappa shape index (κ2) is 13.4. The molecule has 0 spiro atoms. The van der Waals surface area contributed by atoms with Gasteiger partial charge < -0.3 is 29.6 Å². The third-order valence-electron chi connectivity index (χ3n) is 8.35. The average Bonchev–Trinajstić information content (AvgIpc) is 2.92. The van der Waals surface area contributed by atoms with Gasteiger partial charge in [0.05, 0.1) is 42.7 Å². The summed E-state index contributed by atoms with van der Waals surface area (Å²) in [6, 6.07) is 4.77. The molecule has 0 aliphatic carbocycles. The number of nitrogens with zero attached hydrogens (tertiary/aromatic N) is 5. The van der Waals surface area contributed by atoms with Crippen molar-refractivity contribution in [3.05, 3.63) is 47.0 Å². The second-order valence-electron chi connectivity index (χ2n) is 11.4. The van der Waals surface area contributed by atoms with Crippen LogP contribution in [0.25, 0.3) is 0 Å². The molecule has 40 heavy (non-hydrogen) atoms. The van der Waals surface area contributed by atoms with Crippen molar-refractivity contribution in [1.82, 2.24) is 19.8 Å². The summed E-state index contributed by atoms with van der Waals surface area (Å²) in [5.41, 5.74) is 0.380. The standard InChI is InChI=1S/C29H39ClFN5O4/c30-23-14-32-29(33-15-23)35-9-5-20(6-10-35)2-1-11-40-24-4-3-22(25(31)13-24)12-28(39)36-17-21(18-36)16-34-8-7-26(37)27(38)19-34/h3-4,13-15,20-21,26-27,37-38H,1-2,5-12,16-19H2/t26-,27+/m1/s1. The zero-order chi connectivity index (χ0) is 28.1. The minimum absolute atomic E-state index is 0.0349. The van der Waals surface area contributed by atoms with Gasteiger partial charge in [0.1, 0.15) is 11.6 Å². The second-order valence-corrected chi connectivity index (χ2v) is 11.8. The Morgan fingerprint density at radius 2 is 1.77 bits per heavy atom. The van der Waals surface area contributed by atoms with Gasteiger partial charge in [-0.05, 0) is 49.7 Å². The number of aliphatic hydroxyl groups excluding tert-OH is 2. The fourth-order valence-corrected chi connectivity index (χ4v) is 5.99. The molecule has 0 saturated carbocycles. The summed E-state index contributed by atoms with van der Waals surface area (Å²) in [6.45, 7) is 5.67. The van der Waals surface area contributed by atoms with Crippen LogP contribution >= 0.6 is 11.6 Å².